The first-order chi connectivity index (χ1) is 10.6. The molecule has 0 spiro atoms. The van der Waals surface area contributed by atoms with Crippen LogP contribution >= 0.6 is 11.3 Å². The number of hydrogen-bond donors (Lipinski definition) is 2. The third kappa shape index (κ3) is 4.06. The highest BCUT2D eigenvalue weighted by molar-refractivity contribution is 7.90. The average Bonchev–Trinajstić information content (AvgIpc) is 2.99. The Morgan fingerprint density at radius 3 is 2.61 bits per heavy atom. The number of nitro benzene ring substituents is 1. The fourth-order valence-electron chi connectivity index (χ4n) is 2.02. The van der Waals surface area contributed by atoms with Crippen LogP contribution in [-0.4, -0.2) is 31.2 Å². The van der Waals surface area contributed by atoms with Crippen LogP contribution in [-0.2, 0) is 15.4 Å². The summed E-state index contributed by atoms with van der Waals surface area (Å²) >= 11 is 1.40. The lowest BCUT2D eigenvalue weighted by Gasteiger charge is -2.23. The van der Waals surface area contributed by atoms with Gasteiger partial charge in [-0.05, 0) is 30.5 Å². The maximum atomic E-state index is 11.7. The van der Waals surface area contributed by atoms with E-state index < -0.39 is 26.0 Å². The van der Waals surface area contributed by atoms with Gasteiger partial charge in [-0.15, -0.1) is 11.3 Å². The first-order valence-corrected chi connectivity index (χ1v) is 9.37. The molecule has 1 aromatic heterocycles. The SMILES string of the molecule is CC(O)(CNc1ccc([N+](=O)[O-])c(S(C)(=O)=O)c1)c1cccs1. The molecular formula is C14H16N2O5S2. The summed E-state index contributed by atoms with van der Waals surface area (Å²) in [5.41, 5.74) is -1.22. The fraction of sp³-hybridized carbons (Fsp3) is 0.286. The predicted octanol–water partition coefficient (Wildman–Crippen LogP) is 2.38. The largest absolute Gasteiger partial charge is 0.383 e. The van der Waals surface area contributed by atoms with Crippen molar-refractivity contribution in [2.75, 3.05) is 18.1 Å². The average molecular weight is 356 g/mol. The van der Waals surface area contributed by atoms with E-state index in [2.05, 4.69) is 5.32 Å². The Labute approximate surface area is 137 Å². The third-order valence-electron chi connectivity index (χ3n) is 3.24. The summed E-state index contributed by atoms with van der Waals surface area (Å²) in [5, 5.41) is 26.1. The zero-order valence-corrected chi connectivity index (χ0v) is 14.1. The molecule has 0 aliphatic carbocycles. The first-order valence-electron chi connectivity index (χ1n) is 6.60. The van der Waals surface area contributed by atoms with Crippen LogP contribution in [0.3, 0.4) is 0 Å². The van der Waals surface area contributed by atoms with Gasteiger partial charge in [-0.1, -0.05) is 6.07 Å². The molecule has 2 N–H and O–H groups in total. The quantitative estimate of drug-likeness (QED) is 0.607. The molecule has 0 aliphatic heterocycles. The lowest BCUT2D eigenvalue weighted by molar-refractivity contribution is -0.387. The normalized spacial score (nSPS) is 14.2. The molecule has 124 valence electrons. The number of anilines is 1. The number of nitrogens with one attached hydrogen (secondary N) is 1. The summed E-state index contributed by atoms with van der Waals surface area (Å²) in [6.45, 7) is 1.77. The van der Waals surface area contributed by atoms with Gasteiger partial charge in [0.05, 0.1) is 4.92 Å². The van der Waals surface area contributed by atoms with Crippen LogP contribution in [0.1, 0.15) is 11.8 Å². The highest BCUT2D eigenvalue weighted by atomic mass is 32.2. The summed E-state index contributed by atoms with van der Waals surface area (Å²) in [6, 6.07) is 7.38. The number of sulfone groups is 1. The number of aliphatic hydroxyl groups is 1. The molecular weight excluding hydrogens is 340 g/mol. The van der Waals surface area contributed by atoms with Gasteiger partial charge >= 0.3 is 0 Å². The standard InChI is InChI=1S/C14H16N2O5S2/c1-14(17,13-4-3-7-22-13)9-15-10-5-6-11(16(18)19)12(8-10)23(2,20)21/h3-8,15,17H,9H2,1-2H3. The smallest absolute Gasteiger partial charge is 0.288 e. The zero-order chi connectivity index (χ0) is 17.3. The van der Waals surface area contributed by atoms with Gasteiger partial charge < -0.3 is 10.4 Å². The van der Waals surface area contributed by atoms with E-state index in [1.165, 1.54) is 23.5 Å². The number of benzene rings is 1. The van der Waals surface area contributed by atoms with E-state index in [1.807, 2.05) is 11.4 Å². The van der Waals surface area contributed by atoms with Crippen LogP contribution < -0.4 is 5.32 Å². The Balaban J connectivity index is 2.27. The molecule has 7 nitrogen and oxygen atoms in total. The second-order valence-electron chi connectivity index (χ2n) is 5.32. The van der Waals surface area contributed by atoms with Gasteiger partial charge in [0, 0.05) is 29.4 Å². The van der Waals surface area contributed by atoms with Gasteiger partial charge in [0.25, 0.3) is 5.69 Å². The van der Waals surface area contributed by atoms with Crippen molar-refractivity contribution in [3.05, 3.63) is 50.7 Å². The molecule has 0 saturated heterocycles. The molecule has 1 unspecified atom stereocenters. The van der Waals surface area contributed by atoms with Gasteiger partial charge in [0.15, 0.2) is 9.84 Å². The monoisotopic (exact) mass is 356 g/mol. The van der Waals surface area contributed by atoms with Crippen LogP contribution in [0.25, 0.3) is 0 Å². The summed E-state index contributed by atoms with van der Waals surface area (Å²) in [7, 11) is -3.74. The summed E-state index contributed by atoms with van der Waals surface area (Å²) in [4.78, 5) is 10.6. The van der Waals surface area contributed by atoms with Crippen molar-refractivity contribution in [1.29, 1.82) is 0 Å². The summed E-state index contributed by atoms with van der Waals surface area (Å²) in [5.74, 6) is 0. The minimum absolute atomic E-state index is 0.133. The minimum atomic E-state index is -3.74. The van der Waals surface area contributed by atoms with Crippen molar-refractivity contribution in [1.82, 2.24) is 0 Å². The van der Waals surface area contributed by atoms with E-state index in [1.54, 1.807) is 13.0 Å². The molecule has 0 bridgehead atoms. The molecule has 1 atom stereocenters. The number of hydrogen-bond acceptors (Lipinski definition) is 7. The van der Waals surface area contributed by atoms with Crippen LogP contribution in [0, 0.1) is 10.1 Å². The van der Waals surface area contributed by atoms with Crippen LogP contribution in [0.15, 0.2) is 40.6 Å². The lowest BCUT2D eigenvalue weighted by atomic mass is 10.1. The van der Waals surface area contributed by atoms with Crippen molar-refractivity contribution in [3.8, 4) is 0 Å². The van der Waals surface area contributed by atoms with Crippen molar-refractivity contribution in [2.45, 2.75) is 17.4 Å². The van der Waals surface area contributed by atoms with E-state index in [0.29, 0.717) is 5.69 Å². The second kappa shape index (κ2) is 6.26. The van der Waals surface area contributed by atoms with Crippen molar-refractivity contribution in [3.63, 3.8) is 0 Å². The zero-order valence-electron chi connectivity index (χ0n) is 12.5. The minimum Gasteiger partial charge on any atom is -0.383 e. The third-order valence-corrected chi connectivity index (χ3v) is 5.49. The Kier molecular flexibility index (Phi) is 4.73. The van der Waals surface area contributed by atoms with Crippen LogP contribution in [0.4, 0.5) is 11.4 Å². The molecule has 2 aromatic rings. The fourth-order valence-corrected chi connectivity index (χ4v) is 3.67. The first kappa shape index (κ1) is 17.4. The van der Waals surface area contributed by atoms with E-state index in [9.17, 15) is 23.6 Å². The molecule has 1 heterocycles. The van der Waals surface area contributed by atoms with Crippen molar-refractivity contribution >= 4 is 32.5 Å². The van der Waals surface area contributed by atoms with Gasteiger partial charge in [0.1, 0.15) is 10.5 Å². The molecule has 1 aromatic carbocycles. The maximum absolute atomic E-state index is 11.7. The number of nitrogens with zero attached hydrogens (tertiary/aromatic N) is 1. The summed E-state index contributed by atoms with van der Waals surface area (Å²) < 4.78 is 23.4. The molecule has 9 heteroatoms. The number of rotatable bonds is 6. The molecule has 2 rings (SSSR count). The Morgan fingerprint density at radius 2 is 2.09 bits per heavy atom. The molecule has 0 aliphatic rings. The predicted molar refractivity (Wildman–Crippen MR) is 88.6 cm³/mol. The number of thiophene rings is 1. The maximum Gasteiger partial charge on any atom is 0.288 e. The Bertz CT molecular complexity index is 814. The van der Waals surface area contributed by atoms with Gasteiger partial charge in [-0.3, -0.25) is 10.1 Å². The van der Waals surface area contributed by atoms with E-state index in [0.717, 1.165) is 17.2 Å². The van der Waals surface area contributed by atoms with Gasteiger partial charge in [0.2, 0.25) is 0 Å². The topological polar surface area (TPSA) is 110 Å². The summed E-state index contributed by atoms with van der Waals surface area (Å²) in [6.07, 6.45) is 0.918. The van der Waals surface area contributed by atoms with Crippen molar-refractivity contribution in [2.24, 2.45) is 0 Å². The molecule has 0 fully saturated rings. The molecule has 23 heavy (non-hydrogen) atoms. The highest BCUT2D eigenvalue weighted by Gasteiger charge is 2.26. The van der Waals surface area contributed by atoms with E-state index in [4.69, 9.17) is 0 Å². The second-order valence-corrected chi connectivity index (χ2v) is 8.25. The Hall–Kier alpha value is -1.97. The Morgan fingerprint density at radius 1 is 1.39 bits per heavy atom. The van der Waals surface area contributed by atoms with E-state index >= 15 is 0 Å². The molecule has 0 radical (unpaired) electrons. The molecule has 0 saturated carbocycles. The van der Waals surface area contributed by atoms with Gasteiger partial charge in [-0.25, -0.2) is 8.42 Å². The van der Waals surface area contributed by atoms with Crippen LogP contribution in [0.5, 0.6) is 0 Å². The van der Waals surface area contributed by atoms with Crippen molar-refractivity contribution < 1.29 is 18.4 Å². The number of nitro groups is 1. The lowest BCUT2D eigenvalue weighted by Crippen LogP contribution is -2.29. The van der Waals surface area contributed by atoms with Gasteiger partial charge in [-0.2, -0.15) is 0 Å². The van der Waals surface area contributed by atoms with E-state index in [-0.39, 0.29) is 11.4 Å². The highest BCUT2D eigenvalue weighted by Crippen LogP contribution is 2.29. The van der Waals surface area contributed by atoms with Crippen LogP contribution in [0.2, 0.25) is 0 Å². The molecule has 0 amide bonds.